The molecule has 1 aliphatic heterocycles. The van der Waals surface area contributed by atoms with Crippen LogP contribution < -0.4 is 5.32 Å². The van der Waals surface area contributed by atoms with E-state index >= 15 is 0 Å². The molecule has 1 saturated heterocycles. The molecule has 0 amide bonds. The fraction of sp³-hybridized carbons (Fsp3) is 0.900. The first-order valence-corrected chi connectivity index (χ1v) is 4.90. The van der Waals surface area contributed by atoms with Crippen LogP contribution >= 0.6 is 0 Å². The summed E-state index contributed by atoms with van der Waals surface area (Å²) >= 11 is 0. The van der Waals surface area contributed by atoms with Gasteiger partial charge in [0.05, 0.1) is 0 Å². The predicted molar refractivity (Wildman–Crippen MR) is 51.4 cm³/mol. The van der Waals surface area contributed by atoms with E-state index in [1.165, 1.54) is 0 Å². The second-order valence-corrected chi connectivity index (χ2v) is 4.65. The molecule has 0 saturated carbocycles. The van der Waals surface area contributed by atoms with Gasteiger partial charge in [-0.1, -0.05) is 0 Å². The summed E-state index contributed by atoms with van der Waals surface area (Å²) in [5.41, 5.74) is -0.338. The number of ether oxygens (including phenoxy) is 1. The summed E-state index contributed by atoms with van der Waals surface area (Å²) < 4.78 is 5.20. The van der Waals surface area contributed by atoms with Crippen LogP contribution in [0.15, 0.2) is 0 Å². The molecule has 3 heteroatoms. The lowest BCUT2D eigenvalue weighted by Crippen LogP contribution is -2.42. The molecular formula is C10H19NO2. The average molecular weight is 185 g/mol. The average Bonchev–Trinajstić information content (AvgIpc) is 1.78. The van der Waals surface area contributed by atoms with E-state index in [0.29, 0.717) is 12.3 Å². The smallest absolute Gasteiger partial charge is 0.306 e. The minimum absolute atomic E-state index is 0.0700. The van der Waals surface area contributed by atoms with E-state index in [0.717, 1.165) is 19.5 Å². The Kier molecular flexibility index (Phi) is 3.31. The molecule has 0 radical (unpaired) electrons. The van der Waals surface area contributed by atoms with Crippen molar-refractivity contribution in [3.8, 4) is 0 Å². The van der Waals surface area contributed by atoms with Gasteiger partial charge in [0.2, 0.25) is 0 Å². The van der Waals surface area contributed by atoms with Crippen molar-refractivity contribution in [1.82, 2.24) is 5.32 Å². The van der Waals surface area contributed by atoms with Gasteiger partial charge in [-0.2, -0.15) is 0 Å². The molecular weight excluding hydrogens is 166 g/mol. The van der Waals surface area contributed by atoms with Crippen molar-refractivity contribution < 1.29 is 9.53 Å². The van der Waals surface area contributed by atoms with Crippen molar-refractivity contribution in [3.63, 3.8) is 0 Å². The van der Waals surface area contributed by atoms with E-state index in [-0.39, 0.29) is 11.6 Å². The molecule has 0 spiro atoms. The molecule has 0 aromatic rings. The van der Waals surface area contributed by atoms with E-state index in [4.69, 9.17) is 4.74 Å². The van der Waals surface area contributed by atoms with Gasteiger partial charge in [-0.3, -0.25) is 4.79 Å². The second-order valence-electron chi connectivity index (χ2n) is 4.65. The van der Waals surface area contributed by atoms with Crippen LogP contribution in [0.4, 0.5) is 0 Å². The molecule has 0 bridgehead atoms. The molecule has 1 rings (SSSR count). The van der Waals surface area contributed by atoms with Crippen LogP contribution in [0.1, 0.15) is 33.6 Å². The Bertz CT molecular complexity index is 180. The first-order chi connectivity index (χ1) is 5.97. The minimum Gasteiger partial charge on any atom is -0.460 e. The maximum absolute atomic E-state index is 11.3. The maximum atomic E-state index is 11.3. The minimum atomic E-state index is -0.338. The van der Waals surface area contributed by atoms with Gasteiger partial charge in [-0.15, -0.1) is 0 Å². The zero-order valence-electron chi connectivity index (χ0n) is 8.72. The van der Waals surface area contributed by atoms with Crippen molar-refractivity contribution in [2.75, 3.05) is 13.1 Å². The van der Waals surface area contributed by atoms with Gasteiger partial charge in [0.1, 0.15) is 5.60 Å². The van der Waals surface area contributed by atoms with Gasteiger partial charge in [0.25, 0.3) is 0 Å². The molecule has 1 heterocycles. The summed E-state index contributed by atoms with van der Waals surface area (Å²) in [5, 5.41) is 3.18. The Morgan fingerprint density at radius 2 is 2.08 bits per heavy atom. The highest BCUT2D eigenvalue weighted by Gasteiger charge is 2.20. The summed E-state index contributed by atoms with van der Waals surface area (Å²) in [6, 6.07) is 0. The lowest BCUT2D eigenvalue weighted by atomic mass is 9.97. The molecule has 1 fully saturated rings. The van der Waals surface area contributed by atoms with Crippen LogP contribution in [-0.4, -0.2) is 24.7 Å². The van der Waals surface area contributed by atoms with Crippen molar-refractivity contribution in [2.24, 2.45) is 5.92 Å². The summed E-state index contributed by atoms with van der Waals surface area (Å²) in [6.07, 6.45) is 1.52. The fourth-order valence-corrected chi connectivity index (χ4v) is 1.27. The Balaban J connectivity index is 2.10. The van der Waals surface area contributed by atoms with Crippen LogP contribution in [0.2, 0.25) is 0 Å². The molecule has 0 unspecified atom stereocenters. The second kappa shape index (κ2) is 4.09. The largest absolute Gasteiger partial charge is 0.460 e. The third-order valence-corrected chi connectivity index (χ3v) is 2.04. The van der Waals surface area contributed by atoms with Crippen LogP contribution in [0, 0.1) is 5.92 Å². The number of hydrogen-bond acceptors (Lipinski definition) is 3. The number of carbonyl (C=O) groups is 1. The molecule has 0 atom stereocenters. The van der Waals surface area contributed by atoms with Crippen molar-refractivity contribution in [2.45, 2.75) is 39.2 Å². The highest BCUT2D eigenvalue weighted by atomic mass is 16.6. The van der Waals surface area contributed by atoms with Gasteiger partial charge in [0, 0.05) is 6.42 Å². The Morgan fingerprint density at radius 1 is 1.46 bits per heavy atom. The maximum Gasteiger partial charge on any atom is 0.306 e. The monoisotopic (exact) mass is 185 g/mol. The lowest BCUT2D eigenvalue weighted by Gasteiger charge is -2.27. The van der Waals surface area contributed by atoms with Gasteiger partial charge >= 0.3 is 5.97 Å². The van der Waals surface area contributed by atoms with Gasteiger partial charge < -0.3 is 10.1 Å². The van der Waals surface area contributed by atoms with E-state index in [1.807, 2.05) is 20.8 Å². The van der Waals surface area contributed by atoms with Crippen molar-refractivity contribution >= 4 is 5.97 Å². The highest BCUT2D eigenvalue weighted by Crippen LogP contribution is 2.14. The van der Waals surface area contributed by atoms with Crippen LogP contribution in [0.3, 0.4) is 0 Å². The number of carbonyl (C=O) groups excluding carboxylic acids is 1. The fourth-order valence-electron chi connectivity index (χ4n) is 1.27. The molecule has 3 nitrogen and oxygen atoms in total. The number of hydrogen-bond donors (Lipinski definition) is 1. The predicted octanol–water partition coefficient (Wildman–Crippen LogP) is 1.33. The Hall–Kier alpha value is -0.570. The normalized spacial score (nSPS) is 18.1. The molecule has 1 N–H and O–H groups in total. The Labute approximate surface area is 79.8 Å². The van der Waals surface area contributed by atoms with E-state index < -0.39 is 0 Å². The van der Waals surface area contributed by atoms with Crippen molar-refractivity contribution in [1.29, 1.82) is 0 Å². The quantitative estimate of drug-likeness (QED) is 0.674. The number of nitrogens with one attached hydrogen (secondary N) is 1. The van der Waals surface area contributed by atoms with E-state index in [9.17, 15) is 4.79 Å². The van der Waals surface area contributed by atoms with Gasteiger partial charge in [-0.05, 0) is 46.2 Å². The third kappa shape index (κ3) is 4.27. The highest BCUT2D eigenvalue weighted by molar-refractivity contribution is 5.69. The molecule has 13 heavy (non-hydrogen) atoms. The Morgan fingerprint density at radius 3 is 2.46 bits per heavy atom. The van der Waals surface area contributed by atoms with E-state index in [1.54, 1.807) is 0 Å². The standard InChI is InChI=1S/C10H19NO2/c1-10(2,3)13-9(12)5-4-8-6-11-7-8/h8,11H,4-7H2,1-3H3. The van der Waals surface area contributed by atoms with Crippen LogP contribution in [0.25, 0.3) is 0 Å². The van der Waals surface area contributed by atoms with Gasteiger partial charge in [-0.25, -0.2) is 0 Å². The van der Waals surface area contributed by atoms with E-state index in [2.05, 4.69) is 5.32 Å². The summed E-state index contributed by atoms with van der Waals surface area (Å²) in [7, 11) is 0. The zero-order chi connectivity index (χ0) is 9.90. The van der Waals surface area contributed by atoms with Crippen LogP contribution in [0.5, 0.6) is 0 Å². The van der Waals surface area contributed by atoms with Gasteiger partial charge in [0.15, 0.2) is 0 Å². The topological polar surface area (TPSA) is 38.3 Å². The number of esters is 1. The molecule has 1 aliphatic rings. The lowest BCUT2D eigenvalue weighted by molar-refractivity contribution is -0.155. The molecule has 0 aromatic heterocycles. The SMILES string of the molecule is CC(C)(C)OC(=O)CCC1CNC1. The number of rotatable bonds is 3. The van der Waals surface area contributed by atoms with Crippen LogP contribution in [-0.2, 0) is 9.53 Å². The molecule has 0 aliphatic carbocycles. The molecule has 0 aromatic carbocycles. The summed E-state index contributed by atoms with van der Waals surface area (Å²) in [4.78, 5) is 11.3. The first-order valence-electron chi connectivity index (χ1n) is 4.90. The van der Waals surface area contributed by atoms with Crippen molar-refractivity contribution in [3.05, 3.63) is 0 Å². The molecule has 76 valence electrons. The zero-order valence-corrected chi connectivity index (χ0v) is 8.72. The first kappa shape index (κ1) is 10.5. The summed E-state index contributed by atoms with van der Waals surface area (Å²) in [5.74, 6) is 0.618. The third-order valence-electron chi connectivity index (χ3n) is 2.04. The summed E-state index contributed by atoms with van der Waals surface area (Å²) in [6.45, 7) is 7.81.